The zero-order valence-corrected chi connectivity index (χ0v) is 21.1. The minimum Gasteiger partial charge on any atom is -0.359 e. The van der Waals surface area contributed by atoms with Crippen molar-refractivity contribution in [2.24, 2.45) is 11.8 Å². The van der Waals surface area contributed by atoms with Crippen molar-refractivity contribution in [2.75, 3.05) is 10.2 Å². The number of nitrogens with one attached hydrogen (secondary N) is 2. The Labute approximate surface area is 217 Å². The van der Waals surface area contributed by atoms with Gasteiger partial charge < -0.3 is 15.4 Å². The molecule has 1 aliphatic carbocycles. The molecule has 2 aromatic rings. The first kappa shape index (κ1) is 23.9. The van der Waals surface area contributed by atoms with Crippen molar-refractivity contribution in [1.29, 1.82) is 0 Å². The van der Waals surface area contributed by atoms with Crippen LogP contribution in [-0.4, -0.2) is 41.5 Å². The SMILES string of the molecule is CCc1ccccc1N1C(=O)[C@H]2[C@@H](C(=O)Nc3ccccc3)[C@H]3C=C[C@]2(O3)[C@H]1C(=O)NC1CCCCC1. The van der Waals surface area contributed by atoms with E-state index >= 15 is 0 Å². The lowest BCUT2D eigenvalue weighted by molar-refractivity contribution is -0.129. The fourth-order valence-electron chi connectivity index (χ4n) is 6.75. The molecular weight excluding hydrogens is 466 g/mol. The summed E-state index contributed by atoms with van der Waals surface area (Å²) in [6, 6.07) is 16.1. The summed E-state index contributed by atoms with van der Waals surface area (Å²) in [6.45, 7) is 2.04. The number of nitrogens with zero attached hydrogens (tertiary/aromatic N) is 1. The highest BCUT2D eigenvalue weighted by Gasteiger charge is 2.73. The molecule has 37 heavy (non-hydrogen) atoms. The molecule has 6 rings (SSSR count). The highest BCUT2D eigenvalue weighted by atomic mass is 16.5. The largest absolute Gasteiger partial charge is 0.359 e. The van der Waals surface area contributed by atoms with Crippen LogP contribution in [0.4, 0.5) is 11.4 Å². The lowest BCUT2D eigenvalue weighted by atomic mass is 9.74. The molecular formula is C30H33N3O4. The molecule has 3 heterocycles. The summed E-state index contributed by atoms with van der Waals surface area (Å²) in [4.78, 5) is 43.5. The maximum Gasteiger partial charge on any atom is 0.246 e. The average molecular weight is 500 g/mol. The third-order valence-corrected chi connectivity index (χ3v) is 8.45. The molecule has 3 fully saturated rings. The quantitative estimate of drug-likeness (QED) is 0.589. The molecule has 0 radical (unpaired) electrons. The van der Waals surface area contributed by atoms with Crippen LogP contribution in [0, 0.1) is 11.8 Å². The second-order valence-electron chi connectivity index (χ2n) is 10.6. The number of para-hydroxylation sites is 2. The Balaban J connectivity index is 1.39. The lowest BCUT2D eigenvalue weighted by Crippen LogP contribution is -2.56. The number of carbonyl (C=O) groups is 3. The molecule has 0 aromatic heterocycles. The van der Waals surface area contributed by atoms with Gasteiger partial charge in [-0.2, -0.15) is 0 Å². The van der Waals surface area contributed by atoms with Crippen molar-refractivity contribution < 1.29 is 19.1 Å². The van der Waals surface area contributed by atoms with Gasteiger partial charge in [-0.3, -0.25) is 19.3 Å². The van der Waals surface area contributed by atoms with E-state index in [1.165, 1.54) is 6.42 Å². The van der Waals surface area contributed by atoms with E-state index in [-0.39, 0.29) is 23.8 Å². The van der Waals surface area contributed by atoms with Crippen LogP contribution in [0.5, 0.6) is 0 Å². The Morgan fingerprint density at radius 3 is 2.49 bits per heavy atom. The van der Waals surface area contributed by atoms with E-state index in [1.54, 1.807) is 4.90 Å². The number of aryl methyl sites for hydroxylation is 1. The van der Waals surface area contributed by atoms with Gasteiger partial charge in [0.25, 0.3) is 0 Å². The van der Waals surface area contributed by atoms with E-state index < -0.39 is 29.6 Å². The number of ether oxygens (including phenoxy) is 1. The van der Waals surface area contributed by atoms with Crippen molar-refractivity contribution in [2.45, 2.75) is 69.2 Å². The minimum atomic E-state index is -1.18. The number of carbonyl (C=O) groups excluding carboxylic acids is 3. The van der Waals surface area contributed by atoms with Crippen molar-refractivity contribution in [3.8, 4) is 0 Å². The number of rotatable bonds is 6. The third-order valence-electron chi connectivity index (χ3n) is 8.45. The molecule has 7 heteroatoms. The van der Waals surface area contributed by atoms with Crippen molar-refractivity contribution >= 4 is 29.1 Å². The summed E-state index contributed by atoms with van der Waals surface area (Å²) >= 11 is 0. The zero-order valence-electron chi connectivity index (χ0n) is 21.1. The van der Waals surface area contributed by atoms with Gasteiger partial charge in [-0.25, -0.2) is 0 Å². The number of fused-ring (bicyclic) bond motifs is 1. The van der Waals surface area contributed by atoms with Crippen LogP contribution < -0.4 is 15.5 Å². The third kappa shape index (κ3) is 3.87. The summed E-state index contributed by atoms with van der Waals surface area (Å²) in [5.74, 6) is -2.20. The molecule has 2 bridgehead atoms. The molecule has 7 nitrogen and oxygen atoms in total. The maximum atomic E-state index is 14.3. The fraction of sp³-hybridized carbons (Fsp3) is 0.433. The molecule has 192 valence electrons. The average Bonchev–Trinajstić information content (AvgIpc) is 3.57. The zero-order chi connectivity index (χ0) is 25.6. The molecule has 2 aromatic carbocycles. The Morgan fingerprint density at radius 2 is 1.73 bits per heavy atom. The van der Waals surface area contributed by atoms with Gasteiger partial charge in [-0.15, -0.1) is 0 Å². The molecule has 0 unspecified atom stereocenters. The van der Waals surface area contributed by atoms with E-state index in [0.717, 1.165) is 31.2 Å². The molecule has 4 aliphatic rings. The first-order valence-electron chi connectivity index (χ1n) is 13.5. The van der Waals surface area contributed by atoms with Crippen LogP contribution >= 0.6 is 0 Å². The van der Waals surface area contributed by atoms with Crippen LogP contribution in [0.15, 0.2) is 66.7 Å². The van der Waals surface area contributed by atoms with Crippen molar-refractivity contribution in [3.63, 3.8) is 0 Å². The van der Waals surface area contributed by atoms with E-state index in [2.05, 4.69) is 10.6 Å². The Bertz CT molecular complexity index is 1240. The first-order chi connectivity index (χ1) is 18.0. The van der Waals surface area contributed by atoms with Crippen LogP contribution in [-0.2, 0) is 25.5 Å². The minimum absolute atomic E-state index is 0.0924. The van der Waals surface area contributed by atoms with Crippen molar-refractivity contribution in [3.05, 3.63) is 72.3 Å². The van der Waals surface area contributed by atoms with Crippen LogP contribution in [0.25, 0.3) is 0 Å². The van der Waals surface area contributed by atoms with E-state index in [0.29, 0.717) is 17.8 Å². The summed E-state index contributed by atoms with van der Waals surface area (Å²) in [5.41, 5.74) is 1.18. The second-order valence-corrected chi connectivity index (χ2v) is 10.6. The summed E-state index contributed by atoms with van der Waals surface area (Å²) in [6.07, 6.45) is 9.13. The predicted octanol–water partition coefficient (Wildman–Crippen LogP) is 3.99. The van der Waals surface area contributed by atoms with Crippen molar-refractivity contribution in [1.82, 2.24) is 5.32 Å². The second kappa shape index (κ2) is 9.45. The molecule has 3 amide bonds. The molecule has 5 atom stereocenters. The summed E-state index contributed by atoms with van der Waals surface area (Å²) in [5, 5.41) is 6.21. The van der Waals surface area contributed by atoms with E-state index in [9.17, 15) is 14.4 Å². The topological polar surface area (TPSA) is 87.7 Å². The van der Waals surface area contributed by atoms with Gasteiger partial charge in [0.1, 0.15) is 11.6 Å². The van der Waals surface area contributed by atoms with Gasteiger partial charge in [0.05, 0.1) is 17.9 Å². The maximum absolute atomic E-state index is 14.3. The number of anilines is 2. The first-order valence-corrected chi connectivity index (χ1v) is 13.5. The summed E-state index contributed by atoms with van der Waals surface area (Å²) < 4.78 is 6.48. The standard InChI is InChI=1S/C30H33N3O4/c1-2-19-11-9-10-16-22(19)33-26(28(35)32-21-14-7-4-8-15-21)30-18-17-23(37-30)24(25(30)29(33)36)27(34)31-20-12-5-3-6-13-20/h3,5-6,9-13,16-18,21,23-26H,2,4,7-8,14-15H2,1H3,(H,31,34)(H,32,35)/t23-,24+,25-,26-,30-/m1/s1. The fourth-order valence-corrected chi connectivity index (χ4v) is 6.75. The monoisotopic (exact) mass is 499 g/mol. The highest BCUT2D eigenvalue weighted by Crippen LogP contribution is 2.56. The predicted molar refractivity (Wildman–Crippen MR) is 141 cm³/mol. The molecule has 1 saturated carbocycles. The molecule has 3 aliphatic heterocycles. The smallest absolute Gasteiger partial charge is 0.246 e. The van der Waals surface area contributed by atoms with Gasteiger partial charge >= 0.3 is 0 Å². The van der Waals surface area contributed by atoms with Gasteiger partial charge in [0.2, 0.25) is 17.7 Å². The molecule has 2 N–H and O–H groups in total. The normalized spacial score (nSPS) is 30.4. The van der Waals surface area contributed by atoms with Gasteiger partial charge in [0, 0.05) is 17.4 Å². The van der Waals surface area contributed by atoms with Crippen LogP contribution in [0.2, 0.25) is 0 Å². The van der Waals surface area contributed by atoms with Gasteiger partial charge in [-0.1, -0.05) is 74.7 Å². The van der Waals surface area contributed by atoms with Crippen LogP contribution in [0.1, 0.15) is 44.6 Å². The van der Waals surface area contributed by atoms with E-state index in [1.807, 2.05) is 73.7 Å². The highest BCUT2D eigenvalue weighted by molar-refractivity contribution is 6.11. The number of amides is 3. The lowest BCUT2D eigenvalue weighted by Gasteiger charge is -2.34. The molecule has 2 saturated heterocycles. The number of hydrogen-bond donors (Lipinski definition) is 2. The molecule has 1 spiro atoms. The van der Waals surface area contributed by atoms with Crippen LogP contribution in [0.3, 0.4) is 0 Å². The van der Waals surface area contributed by atoms with Gasteiger partial charge in [-0.05, 0) is 43.0 Å². The van der Waals surface area contributed by atoms with Gasteiger partial charge in [0.15, 0.2) is 0 Å². The number of benzene rings is 2. The Morgan fingerprint density at radius 1 is 1.00 bits per heavy atom. The van der Waals surface area contributed by atoms with E-state index in [4.69, 9.17) is 4.74 Å². The Kier molecular flexibility index (Phi) is 6.11. The Hall–Kier alpha value is -3.45. The summed E-state index contributed by atoms with van der Waals surface area (Å²) in [7, 11) is 0. The number of hydrogen-bond acceptors (Lipinski definition) is 4.